The Morgan fingerprint density at radius 3 is 2.38 bits per heavy atom. The summed E-state index contributed by atoms with van der Waals surface area (Å²) < 4.78 is 5.43. The van der Waals surface area contributed by atoms with E-state index in [9.17, 15) is 0 Å². The molecule has 21 heavy (non-hydrogen) atoms. The fourth-order valence-corrected chi connectivity index (χ4v) is 3.05. The second-order valence-corrected chi connectivity index (χ2v) is 5.86. The van der Waals surface area contributed by atoms with Crippen LogP contribution in [0.1, 0.15) is 41.5 Å². The lowest BCUT2D eigenvalue weighted by molar-refractivity contribution is 0.410. The molecular weight excluding hydrogens is 303 g/mol. The minimum atomic E-state index is -0.264. The molecule has 0 saturated heterocycles. The van der Waals surface area contributed by atoms with Gasteiger partial charge in [-0.15, -0.1) is 11.6 Å². The van der Waals surface area contributed by atoms with Crippen molar-refractivity contribution in [1.82, 2.24) is 0 Å². The summed E-state index contributed by atoms with van der Waals surface area (Å²) in [6, 6.07) is 12.1. The summed E-state index contributed by atoms with van der Waals surface area (Å²) in [4.78, 5) is 0. The lowest BCUT2D eigenvalue weighted by atomic mass is 9.94. The molecule has 0 aliphatic rings. The molecule has 1 atom stereocenters. The van der Waals surface area contributed by atoms with E-state index in [4.69, 9.17) is 27.9 Å². The Hall–Kier alpha value is -1.18. The molecule has 0 aromatic heterocycles. The molecule has 0 fully saturated rings. The average Bonchev–Trinajstić information content (AvgIpc) is 2.53. The predicted octanol–water partition coefficient (Wildman–Crippen LogP) is 5.80. The van der Waals surface area contributed by atoms with Crippen molar-refractivity contribution in [1.29, 1.82) is 0 Å². The zero-order valence-corrected chi connectivity index (χ0v) is 14.1. The van der Waals surface area contributed by atoms with Crippen molar-refractivity contribution in [2.24, 2.45) is 0 Å². The molecule has 2 rings (SSSR count). The summed E-state index contributed by atoms with van der Waals surface area (Å²) in [6.45, 7) is 4.29. The highest BCUT2D eigenvalue weighted by atomic mass is 35.5. The number of rotatable bonds is 5. The minimum Gasteiger partial charge on any atom is -0.496 e. The van der Waals surface area contributed by atoms with Gasteiger partial charge in [0.15, 0.2) is 0 Å². The summed E-state index contributed by atoms with van der Waals surface area (Å²) in [5.74, 6) is 0.767. The molecule has 0 N–H and O–H groups in total. The van der Waals surface area contributed by atoms with Crippen LogP contribution >= 0.6 is 23.2 Å². The topological polar surface area (TPSA) is 9.23 Å². The molecule has 0 amide bonds. The maximum atomic E-state index is 6.76. The molecular formula is C18H20Cl2O. The van der Waals surface area contributed by atoms with Crippen molar-refractivity contribution in [2.45, 2.75) is 32.1 Å². The third-order valence-electron chi connectivity index (χ3n) is 3.74. The third-order valence-corrected chi connectivity index (χ3v) is 4.44. The SMILES string of the molecule is CCc1ccc(CC)c(C(Cl)c2cc(Cl)ccc2OC)c1. The van der Waals surface area contributed by atoms with Crippen LogP contribution in [0.25, 0.3) is 0 Å². The van der Waals surface area contributed by atoms with E-state index in [1.807, 2.05) is 18.2 Å². The van der Waals surface area contributed by atoms with Gasteiger partial charge in [0.1, 0.15) is 5.75 Å². The number of methoxy groups -OCH3 is 1. The Morgan fingerprint density at radius 1 is 1.00 bits per heavy atom. The van der Waals surface area contributed by atoms with Crippen molar-refractivity contribution in [3.63, 3.8) is 0 Å². The molecule has 1 nitrogen and oxygen atoms in total. The van der Waals surface area contributed by atoms with Crippen LogP contribution in [0.5, 0.6) is 5.75 Å². The summed E-state index contributed by atoms with van der Waals surface area (Å²) in [5.41, 5.74) is 4.59. The number of aryl methyl sites for hydroxylation is 2. The van der Waals surface area contributed by atoms with Gasteiger partial charge in [-0.25, -0.2) is 0 Å². The molecule has 2 aromatic rings. The molecule has 0 spiro atoms. The van der Waals surface area contributed by atoms with Gasteiger partial charge in [-0.1, -0.05) is 43.6 Å². The summed E-state index contributed by atoms with van der Waals surface area (Å²) in [5, 5.41) is 0.404. The Kier molecular flexibility index (Phi) is 5.55. The second-order valence-electron chi connectivity index (χ2n) is 4.99. The van der Waals surface area contributed by atoms with E-state index in [0.29, 0.717) is 5.02 Å². The van der Waals surface area contributed by atoms with Crippen LogP contribution in [0.4, 0.5) is 0 Å². The largest absolute Gasteiger partial charge is 0.496 e. The van der Waals surface area contributed by atoms with E-state index >= 15 is 0 Å². The van der Waals surface area contributed by atoms with Crippen LogP contribution in [0, 0.1) is 0 Å². The Bertz CT molecular complexity index is 623. The van der Waals surface area contributed by atoms with E-state index < -0.39 is 0 Å². The smallest absolute Gasteiger partial charge is 0.123 e. The van der Waals surface area contributed by atoms with Crippen LogP contribution in [-0.4, -0.2) is 7.11 Å². The number of halogens is 2. The van der Waals surface area contributed by atoms with Crippen molar-refractivity contribution in [3.8, 4) is 5.75 Å². The highest BCUT2D eigenvalue weighted by molar-refractivity contribution is 6.31. The lowest BCUT2D eigenvalue weighted by Gasteiger charge is -2.18. The van der Waals surface area contributed by atoms with Gasteiger partial charge in [0, 0.05) is 10.6 Å². The maximum absolute atomic E-state index is 6.76. The zero-order chi connectivity index (χ0) is 15.4. The standard InChI is InChI=1S/C18H20Cl2O/c1-4-12-6-7-13(5-2)15(10-12)18(20)16-11-14(19)8-9-17(16)21-3/h6-11,18H,4-5H2,1-3H3. The van der Waals surface area contributed by atoms with Crippen LogP contribution in [0.2, 0.25) is 5.02 Å². The van der Waals surface area contributed by atoms with Crippen molar-refractivity contribution < 1.29 is 4.74 Å². The first kappa shape index (κ1) is 16.2. The Labute approximate surface area is 136 Å². The minimum absolute atomic E-state index is 0.264. The molecule has 1 unspecified atom stereocenters. The van der Waals surface area contributed by atoms with Crippen molar-refractivity contribution in [2.75, 3.05) is 7.11 Å². The van der Waals surface area contributed by atoms with Crippen LogP contribution < -0.4 is 4.74 Å². The predicted molar refractivity (Wildman–Crippen MR) is 90.9 cm³/mol. The molecule has 0 aliphatic heterocycles. The van der Waals surface area contributed by atoms with Crippen molar-refractivity contribution >= 4 is 23.2 Å². The first-order valence-electron chi connectivity index (χ1n) is 7.19. The molecule has 0 radical (unpaired) electrons. The molecule has 0 saturated carbocycles. The quantitative estimate of drug-likeness (QED) is 0.632. The Balaban J connectivity index is 2.53. The first-order valence-corrected chi connectivity index (χ1v) is 8.01. The van der Waals surface area contributed by atoms with Crippen LogP contribution in [0.3, 0.4) is 0 Å². The second kappa shape index (κ2) is 7.20. The van der Waals surface area contributed by atoms with Crippen LogP contribution in [-0.2, 0) is 12.8 Å². The van der Waals surface area contributed by atoms with Gasteiger partial charge in [-0.2, -0.15) is 0 Å². The Morgan fingerprint density at radius 2 is 1.76 bits per heavy atom. The maximum Gasteiger partial charge on any atom is 0.123 e. The van der Waals surface area contributed by atoms with E-state index in [2.05, 4.69) is 32.0 Å². The third kappa shape index (κ3) is 3.53. The van der Waals surface area contributed by atoms with E-state index in [1.54, 1.807) is 7.11 Å². The fraction of sp³-hybridized carbons (Fsp3) is 0.333. The molecule has 112 valence electrons. The van der Waals surface area contributed by atoms with E-state index in [-0.39, 0.29) is 5.38 Å². The highest BCUT2D eigenvalue weighted by Crippen LogP contribution is 2.38. The number of benzene rings is 2. The molecule has 0 heterocycles. The van der Waals surface area contributed by atoms with E-state index in [1.165, 1.54) is 11.1 Å². The van der Waals surface area contributed by atoms with Gasteiger partial charge in [0.05, 0.1) is 12.5 Å². The molecule has 0 aliphatic carbocycles. The fourth-order valence-electron chi connectivity index (χ4n) is 2.49. The van der Waals surface area contributed by atoms with Gasteiger partial charge in [0.2, 0.25) is 0 Å². The summed E-state index contributed by atoms with van der Waals surface area (Å²) in [7, 11) is 1.65. The first-order chi connectivity index (χ1) is 10.1. The van der Waals surface area contributed by atoms with Gasteiger partial charge < -0.3 is 4.74 Å². The zero-order valence-electron chi connectivity index (χ0n) is 12.6. The summed E-state index contributed by atoms with van der Waals surface area (Å²) >= 11 is 12.9. The summed E-state index contributed by atoms with van der Waals surface area (Å²) in [6.07, 6.45) is 1.94. The highest BCUT2D eigenvalue weighted by Gasteiger charge is 2.19. The average molecular weight is 323 g/mol. The van der Waals surface area contributed by atoms with Crippen LogP contribution in [0.15, 0.2) is 36.4 Å². The molecule has 2 aromatic carbocycles. The monoisotopic (exact) mass is 322 g/mol. The van der Waals surface area contributed by atoms with Gasteiger partial charge in [-0.05, 0) is 47.7 Å². The number of hydrogen-bond acceptors (Lipinski definition) is 1. The number of ether oxygens (including phenoxy) is 1. The molecule has 3 heteroatoms. The van der Waals surface area contributed by atoms with Gasteiger partial charge >= 0.3 is 0 Å². The normalized spacial score (nSPS) is 12.2. The lowest BCUT2D eigenvalue weighted by Crippen LogP contribution is -2.02. The van der Waals surface area contributed by atoms with Gasteiger partial charge in [-0.3, -0.25) is 0 Å². The number of hydrogen-bond donors (Lipinski definition) is 0. The number of alkyl halides is 1. The van der Waals surface area contributed by atoms with Gasteiger partial charge in [0.25, 0.3) is 0 Å². The molecule has 0 bridgehead atoms. The van der Waals surface area contributed by atoms with Crippen molar-refractivity contribution in [3.05, 3.63) is 63.7 Å². The van der Waals surface area contributed by atoms with E-state index in [0.717, 1.165) is 29.7 Å².